The summed E-state index contributed by atoms with van der Waals surface area (Å²) in [6.07, 6.45) is 1.24. The van der Waals surface area contributed by atoms with Crippen LogP contribution in [0.4, 0.5) is 0 Å². The number of rotatable bonds is 2. The summed E-state index contributed by atoms with van der Waals surface area (Å²) in [7, 11) is 0. The van der Waals surface area contributed by atoms with Crippen molar-refractivity contribution >= 4 is 12.0 Å². The second-order valence-electron chi connectivity index (χ2n) is 7.11. The first-order valence-electron chi connectivity index (χ1n) is 7.06. The Hall–Kier alpha value is -1.97. The average molecular weight is 289 g/mol. The minimum Gasteiger partial charge on any atom is -0.507 e. The summed E-state index contributed by atoms with van der Waals surface area (Å²) in [6.45, 7) is 11.4. The zero-order valence-corrected chi connectivity index (χ0v) is 13.3. The predicted molar refractivity (Wildman–Crippen MR) is 83.6 cm³/mol. The van der Waals surface area contributed by atoms with Crippen molar-refractivity contribution in [1.29, 1.82) is 0 Å². The van der Waals surface area contributed by atoms with Crippen LogP contribution >= 0.6 is 0 Å². The molecule has 0 spiro atoms. The molecular weight excluding hydrogens is 266 g/mol. The molecule has 0 radical (unpaired) electrons. The van der Waals surface area contributed by atoms with Gasteiger partial charge in [0.25, 0.3) is 0 Å². The maximum absolute atomic E-state index is 10.0. The minimum atomic E-state index is -0.0767. The molecule has 0 atom stereocenters. The molecule has 0 fully saturated rings. The van der Waals surface area contributed by atoms with E-state index in [0.29, 0.717) is 12.2 Å². The number of aromatic hydroxyl groups is 1. The fourth-order valence-corrected chi connectivity index (χ4v) is 3.22. The lowest BCUT2D eigenvalue weighted by Crippen LogP contribution is -2.24. The Balaban J connectivity index is 2.73. The molecule has 0 amide bonds. The van der Waals surface area contributed by atoms with Crippen molar-refractivity contribution < 1.29 is 15.1 Å². The summed E-state index contributed by atoms with van der Waals surface area (Å²) < 4.78 is 5.96. The van der Waals surface area contributed by atoms with Crippen molar-refractivity contribution in [2.24, 2.45) is 16.0 Å². The maximum atomic E-state index is 10.0. The quantitative estimate of drug-likeness (QED) is 0.491. The van der Waals surface area contributed by atoms with Gasteiger partial charge in [0.2, 0.25) is 0 Å². The van der Waals surface area contributed by atoms with E-state index in [1.54, 1.807) is 12.1 Å². The first-order valence-corrected chi connectivity index (χ1v) is 7.06. The molecule has 0 aliphatic carbocycles. The summed E-state index contributed by atoms with van der Waals surface area (Å²) >= 11 is 0. The van der Waals surface area contributed by atoms with Gasteiger partial charge in [0, 0.05) is 16.5 Å². The molecule has 4 heteroatoms. The fraction of sp³-hybridized carbons (Fsp3) is 0.471. The lowest BCUT2D eigenvalue weighted by Gasteiger charge is -2.31. The third-order valence-corrected chi connectivity index (χ3v) is 3.75. The second-order valence-corrected chi connectivity index (χ2v) is 7.11. The Kier molecular flexibility index (Phi) is 3.74. The first kappa shape index (κ1) is 15.4. The largest absolute Gasteiger partial charge is 0.507 e. The maximum Gasteiger partial charge on any atom is 0.127 e. The summed E-state index contributed by atoms with van der Waals surface area (Å²) in [5.41, 5.74) is 2.28. The van der Waals surface area contributed by atoms with Crippen LogP contribution in [0.15, 0.2) is 28.9 Å². The molecule has 1 aliphatic rings. The zero-order chi connectivity index (χ0) is 15.8. The van der Waals surface area contributed by atoms with E-state index >= 15 is 0 Å². The third-order valence-electron chi connectivity index (χ3n) is 3.75. The van der Waals surface area contributed by atoms with Crippen LogP contribution in [0.2, 0.25) is 0 Å². The van der Waals surface area contributed by atoms with Crippen molar-refractivity contribution in [3.8, 4) is 5.75 Å². The Morgan fingerprint density at radius 1 is 1.29 bits per heavy atom. The van der Waals surface area contributed by atoms with Gasteiger partial charge >= 0.3 is 0 Å². The van der Waals surface area contributed by atoms with Crippen LogP contribution in [0.1, 0.15) is 45.7 Å². The normalized spacial score (nSPS) is 18.3. The number of nitrogens with zero attached hydrogens (tertiary/aromatic N) is 1. The number of phenolic OH excluding ortho intramolecular Hbond substituents is 1. The van der Waals surface area contributed by atoms with Crippen molar-refractivity contribution in [2.45, 2.75) is 34.6 Å². The van der Waals surface area contributed by atoms with Crippen LogP contribution in [0.25, 0.3) is 5.76 Å². The van der Waals surface area contributed by atoms with Gasteiger partial charge in [-0.15, -0.1) is 0 Å². The molecule has 1 aromatic carbocycles. The lowest BCUT2D eigenvalue weighted by atomic mass is 9.71. The van der Waals surface area contributed by atoms with Crippen molar-refractivity contribution in [3.05, 3.63) is 34.9 Å². The molecular formula is C17H23NO3. The molecule has 2 N–H and O–H groups in total. The Morgan fingerprint density at radius 3 is 2.52 bits per heavy atom. The number of ether oxygens (including phenoxy) is 1. The smallest absolute Gasteiger partial charge is 0.127 e. The van der Waals surface area contributed by atoms with Gasteiger partial charge in [-0.3, -0.25) is 0 Å². The SMILES string of the molecule is CC(C)(C)C1=C(c2cccc(O)c2C=NO)OCC1(C)C. The van der Waals surface area contributed by atoms with Crippen LogP contribution < -0.4 is 0 Å². The number of benzene rings is 1. The molecule has 1 aromatic rings. The molecule has 1 aliphatic heterocycles. The van der Waals surface area contributed by atoms with Gasteiger partial charge in [-0.05, 0) is 17.1 Å². The average Bonchev–Trinajstić information content (AvgIpc) is 2.67. The van der Waals surface area contributed by atoms with Crippen molar-refractivity contribution in [2.75, 3.05) is 6.61 Å². The minimum absolute atomic E-state index is 0.0611. The van der Waals surface area contributed by atoms with Gasteiger partial charge in [0.05, 0.1) is 12.8 Å². The highest BCUT2D eigenvalue weighted by atomic mass is 16.5. The summed E-state index contributed by atoms with van der Waals surface area (Å²) in [5, 5.41) is 21.9. The Labute approximate surface area is 125 Å². The van der Waals surface area contributed by atoms with Gasteiger partial charge in [-0.25, -0.2) is 0 Å². The van der Waals surface area contributed by atoms with E-state index in [2.05, 4.69) is 39.8 Å². The molecule has 0 unspecified atom stereocenters. The Bertz CT molecular complexity index is 607. The second kappa shape index (κ2) is 5.10. The molecule has 114 valence electrons. The van der Waals surface area contributed by atoms with Gasteiger partial charge < -0.3 is 15.1 Å². The monoisotopic (exact) mass is 289 g/mol. The topological polar surface area (TPSA) is 62.1 Å². The van der Waals surface area contributed by atoms with Crippen LogP contribution in [0.3, 0.4) is 0 Å². The molecule has 4 nitrogen and oxygen atoms in total. The highest BCUT2D eigenvalue weighted by molar-refractivity contribution is 5.91. The number of hydrogen-bond acceptors (Lipinski definition) is 4. The van der Waals surface area contributed by atoms with E-state index < -0.39 is 0 Å². The van der Waals surface area contributed by atoms with Crippen LogP contribution in [0, 0.1) is 10.8 Å². The van der Waals surface area contributed by atoms with E-state index in [4.69, 9.17) is 9.94 Å². The van der Waals surface area contributed by atoms with Crippen LogP contribution in [0.5, 0.6) is 5.75 Å². The predicted octanol–water partition coefficient (Wildman–Crippen LogP) is 4.01. The molecule has 2 rings (SSSR count). The van der Waals surface area contributed by atoms with Crippen molar-refractivity contribution in [3.63, 3.8) is 0 Å². The van der Waals surface area contributed by atoms with Gasteiger partial charge in [0.15, 0.2) is 0 Å². The van der Waals surface area contributed by atoms with E-state index in [-0.39, 0.29) is 16.6 Å². The molecule has 0 aromatic heterocycles. The molecule has 0 bridgehead atoms. The number of phenols is 1. The van der Waals surface area contributed by atoms with E-state index in [1.165, 1.54) is 11.8 Å². The molecule has 0 saturated heterocycles. The van der Waals surface area contributed by atoms with Gasteiger partial charge in [-0.2, -0.15) is 0 Å². The summed E-state index contributed by atoms with van der Waals surface area (Å²) in [6, 6.07) is 5.21. The molecule has 1 heterocycles. The van der Waals surface area contributed by atoms with E-state index in [9.17, 15) is 5.11 Å². The standard InChI is InChI=1S/C17H23NO3/c1-16(2,3)15-14(21-10-17(15,4)5)11-7-6-8-13(19)12(11)9-18-20/h6-9,19-20H,10H2,1-5H3. The highest BCUT2D eigenvalue weighted by Gasteiger charge is 2.41. The highest BCUT2D eigenvalue weighted by Crippen LogP contribution is 2.50. The third kappa shape index (κ3) is 2.75. The molecule has 0 saturated carbocycles. The Morgan fingerprint density at radius 2 is 1.95 bits per heavy atom. The van der Waals surface area contributed by atoms with Gasteiger partial charge in [-0.1, -0.05) is 51.9 Å². The first-order chi connectivity index (χ1) is 9.68. The van der Waals surface area contributed by atoms with Crippen LogP contribution in [-0.2, 0) is 4.74 Å². The number of oxime groups is 1. The van der Waals surface area contributed by atoms with Crippen molar-refractivity contribution in [1.82, 2.24) is 0 Å². The molecule has 21 heavy (non-hydrogen) atoms. The van der Waals surface area contributed by atoms with E-state index in [0.717, 1.165) is 11.3 Å². The number of hydrogen-bond donors (Lipinski definition) is 2. The lowest BCUT2D eigenvalue weighted by molar-refractivity contribution is 0.213. The van der Waals surface area contributed by atoms with Gasteiger partial charge in [0.1, 0.15) is 11.5 Å². The van der Waals surface area contributed by atoms with E-state index in [1.807, 2.05) is 6.07 Å². The summed E-state index contributed by atoms with van der Waals surface area (Å²) in [4.78, 5) is 0. The van der Waals surface area contributed by atoms with Crippen LogP contribution in [-0.4, -0.2) is 23.1 Å². The zero-order valence-electron chi connectivity index (χ0n) is 13.3. The summed E-state index contributed by atoms with van der Waals surface area (Å²) in [5.74, 6) is 0.845. The fourth-order valence-electron chi connectivity index (χ4n) is 3.22.